The number of hydrogen-bond donors (Lipinski definition) is 2. The maximum atomic E-state index is 13.2. The summed E-state index contributed by atoms with van der Waals surface area (Å²) in [5, 5.41) is 5.10. The van der Waals surface area contributed by atoms with Crippen LogP contribution in [0.4, 0.5) is 14.5 Å². The van der Waals surface area contributed by atoms with Crippen molar-refractivity contribution in [2.75, 3.05) is 5.32 Å². The summed E-state index contributed by atoms with van der Waals surface area (Å²) < 4.78 is 26.2. The lowest BCUT2D eigenvalue weighted by Crippen LogP contribution is -2.24. The van der Waals surface area contributed by atoms with Gasteiger partial charge in [-0.1, -0.05) is 6.07 Å². The Kier molecular flexibility index (Phi) is 5.46. The van der Waals surface area contributed by atoms with Gasteiger partial charge in [-0.15, -0.1) is 0 Å². The first kappa shape index (κ1) is 18.1. The van der Waals surface area contributed by atoms with Crippen molar-refractivity contribution in [2.24, 2.45) is 0 Å². The van der Waals surface area contributed by atoms with E-state index in [1.165, 1.54) is 24.5 Å². The van der Waals surface area contributed by atoms with Gasteiger partial charge in [-0.25, -0.2) is 8.78 Å². The number of hydrogen-bond acceptors (Lipinski definition) is 4. The summed E-state index contributed by atoms with van der Waals surface area (Å²) in [7, 11) is 0. The summed E-state index contributed by atoms with van der Waals surface area (Å²) in [4.78, 5) is 32.5. The quantitative estimate of drug-likeness (QED) is 0.725. The van der Waals surface area contributed by atoms with E-state index in [1.807, 2.05) is 0 Å². The molecule has 2 N–H and O–H groups in total. The maximum absolute atomic E-state index is 13.2. The molecule has 1 aromatic carbocycles. The van der Waals surface area contributed by atoms with Crippen molar-refractivity contribution in [1.82, 2.24) is 15.3 Å². The zero-order valence-corrected chi connectivity index (χ0v) is 13.9. The van der Waals surface area contributed by atoms with Crippen LogP contribution < -0.4 is 10.6 Å². The number of aromatic nitrogens is 2. The van der Waals surface area contributed by atoms with Crippen LogP contribution in [0.2, 0.25) is 0 Å². The number of nitrogens with one attached hydrogen (secondary N) is 2. The van der Waals surface area contributed by atoms with Gasteiger partial charge in [0.2, 0.25) is 0 Å². The molecule has 0 radical (unpaired) electrons. The topological polar surface area (TPSA) is 84.0 Å². The molecule has 0 fully saturated rings. The summed E-state index contributed by atoms with van der Waals surface area (Å²) >= 11 is 0. The lowest BCUT2D eigenvalue weighted by Gasteiger charge is -2.08. The van der Waals surface area contributed by atoms with E-state index < -0.39 is 23.4 Å². The van der Waals surface area contributed by atoms with Crippen LogP contribution in [0, 0.1) is 11.6 Å². The molecule has 6 nitrogen and oxygen atoms in total. The highest BCUT2D eigenvalue weighted by Crippen LogP contribution is 2.14. The van der Waals surface area contributed by atoms with Gasteiger partial charge >= 0.3 is 0 Å². The van der Waals surface area contributed by atoms with Gasteiger partial charge in [-0.2, -0.15) is 0 Å². The number of anilines is 1. The second kappa shape index (κ2) is 8.13. The van der Waals surface area contributed by atoms with Crippen LogP contribution >= 0.6 is 0 Å². The highest BCUT2D eigenvalue weighted by molar-refractivity contribution is 6.05. The van der Waals surface area contributed by atoms with E-state index >= 15 is 0 Å². The van der Waals surface area contributed by atoms with Crippen molar-refractivity contribution in [3.05, 3.63) is 89.5 Å². The molecule has 136 valence electrons. The van der Waals surface area contributed by atoms with E-state index in [1.54, 1.807) is 24.4 Å². The molecule has 0 aliphatic rings. The van der Waals surface area contributed by atoms with Crippen molar-refractivity contribution < 1.29 is 18.4 Å². The highest BCUT2D eigenvalue weighted by atomic mass is 19.2. The molecule has 0 aliphatic heterocycles. The molecule has 0 saturated carbocycles. The average molecular weight is 368 g/mol. The molecule has 0 saturated heterocycles. The number of amides is 2. The van der Waals surface area contributed by atoms with E-state index in [0.29, 0.717) is 5.69 Å². The molecular formula is C19H14F2N4O2. The van der Waals surface area contributed by atoms with Gasteiger partial charge in [0.25, 0.3) is 11.8 Å². The Labute approximate surface area is 153 Å². The minimum absolute atomic E-state index is 0.0870. The fraction of sp³-hybridized carbons (Fsp3) is 0.0526. The average Bonchev–Trinajstić information content (AvgIpc) is 2.70. The van der Waals surface area contributed by atoms with Gasteiger partial charge in [-0.05, 0) is 30.3 Å². The maximum Gasteiger partial charge on any atom is 0.257 e. The van der Waals surface area contributed by atoms with Gasteiger partial charge < -0.3 is 10.6 Å². The van der Waals surface area contributed by atoms with Crippen LogP contribution in [-0.2, 0) is 6.54 Å². The first-order valence-corrected chi connectivity index (χ1v) is 7.92. The number of nitrogens with zero attached hydrogens (tertiary/aromatic N) is 2. The molecule has 3 aromatic rings. The van der Waals surface area contributed by atoms with Gasteiger partial charge in [0, 0.05) is 30.3 Å². The first-order chi connectivity index (χ1) is 13.0. The van der Waals surface area contributed by atoms with Crippen molar-refractivity contribution in [2.45, 2.75) is 6.54 Å². The predicted molar refractivity (Wildman–Crippen MR) is 94.0 cm³/mol. The van der Waals surface area contributed by atoms with E-state index in [0.717, 1.165) is 12.1 Å². The van der Waals surface area contributed by atoms with Crippen LogP contribution in [0.5, 0.6) is 0 Å². The zero-order valence-electron chi connectivity index (χ0n) is 13.9. The van der Waals surface area contributed by atoms with E-state index in [9.17, 15) is 18.4 Å². The molecule has 27 heavy (non-hydrogen) atoms. The molecule has 3 rings (SSSR count). The Bertz CT molecular complexity index is 980. The molecule has 0 atom stereocenters. The molecule has 8 heteroatoms. The van der Waals surface area contributed by atoms with Crippen molar-refractivity contribution in [3.63, 3.8) is 0 Å². The number of carbonyl (C=O) groups is 2. The van der Waals surface area contributed by atoms with Crippen molar-refractivity contribution >= 4 is 17.5 Å². The van der Waals surface area contributed by atoms with Crippen molar-refractivity contribution in [3.8, 4) is 0 Å². The number of benzene rings is 1. The summed E-state index contributed by atoms with van der Waals surface area (Å²) in [6.07, 6.45) is 4.21. The van der Waals surface area contributed by atoms with E-state index in [4.69, 9.17) is 0 Å². The summed E-state index contributed by atoms with van der Waals surface area (Å²) in [5.41, 5.74) is 1.06. The minimum atomic E-state index is -1.08. The van der Waals surface area contributed by atoms with Crippen molar-refractivity contribution in [1.29, 1.82) is 0 Å². The smallest absolute Gasteiger partial charge is 0.257 e. The third-order valence-corrected chi connectivity index (χ3v) is 3.60. The fourth-order valence-electron chi connectivity index (χ4n) is 2.24. The molecule has 2 heterocycles. The predicted octanol–water partition coefficient (Wildman–Crippen LogP) is 2.94. The first-order valence-electron chi connectivity index (χ1n) is 7.92. The molecule has 2 amide bonds. The molecule has 0 spiro atoms. The Morgan fingerprint density at radius 1 is 0.926 bits per heavy atom. The lowest BCUT2D eigenvalue weighted by molar-refractivity contribution is 0.0950. The molecule has 0 aliphatic carbocycles. The second-order valence-electron chi connectivity index (χ2n) is 5.55. The number of pyridine rings is 2. The zero-order chi connectivity index (χ0) is 19.2. The van der Waals surface area contributed by atoms with Gasteiger partial charge in [0.1, 0.15) is 0 Å². The summed E-state index contributed by atoms with van der Waals surface area (Å²) in [6, 6.07) is 9.70. The van der Waals surface area contributed by atoms with E-state index in [-0.39, 0.29) is 23.4 Å². The Morgan fingerprint density at radius 2 is 1.70 bits per heavy atom. The summed E-state index contributed by atoms with van der Waals surface area (Å²) in [5.74, 6) is -3.11. The normalized spacial score (nSPS) is 10.3. The Morgan fingerprint density at radius 3 is 2.41 bits per heavy atom. The van der Waals surface area contributed by atoms with Crippen LogP contribution in [0.1, 0.15) is 26.4 Å². The Balaban J connectivity index is 1.67. The third-order valence-electron chi connectivity index (χ3n) is 3.60. The van der Waals surface area contributed by atoms with Crippen LogP contribution in [-0.4, -0.2) is 21.8 Å². The third kappa shape index (κ3) is 4.69. The van der Waals surface area contributed by atoms with Crippen LogP contribution in [0.3, 0.4) is 0 Å². The number of carbonyl (C=O) groups excluding carboxylic acids is 2. The SMILES string of the molecule is O=C(NCc1ccccn1)c1cncc(C(=O)Nc2ccc(F)c(F)c2)c1. The number of rotatable bonds is 5. The second-order valence-corrected chi connectivity index (χ2v) is 5.55. The molecule has 0 bridgehead atoms. The highest BCUT2D eigenvalue weighted by Gasteiger charge is 2.13. The largest absolute Gasteiger partial charge is 0.346 e. The van der Waals surface area contributed by atoms with Gasteiger partial charge in [0.05, 0.1) is 23.4 Å². The van der Waals surface area contributed by atoms with E-state index in [2.05, 4.69) is 20.6 Å². The Hall–Kier alpha value is -3.68. The molecule has 0 unspecified atom stereocenters. The number of halogens is 2. The van der Waals surface area contributed by atoms with Gasteiger partial charge in [0.15, 0.2) is 11.6 Å². The fourth-order valence-corrected chi connectivity index (χ4v) is 2.24. The summed E-state index contributed by atoms with van der Waals surface area (Å²) in [6.45, 7) is 0.227. The monoisotopic (exact) mass is 368 g/mol. The van der Waals surface area contributed by atoms with Crippen LogP contribution in [0.25, 0.3) is 0 Å². The standard InChI is InChI=1S/C19H14F2N4O2/c20-16-5-4-14(8-17(16)21)25-19(27)13-7-12(9-22-10-13)18(26)24-11-15-3-1-2-6-23-15/h1-10H,11H2,(H,24,26)(H,25,27). The van der Waals surface area contributed by atoms with Crippen LogP contribution in [0.15, 0.2) is 61.1 Å². The molecular weight excluding hydrogens is 354 g/mol. The minimum Gasteiger partial charge on any atom is -0.346 e. The lowest BCUT2D eigenvalue weighted by atomic mass is 10.1. The van der Waals surface area contributed by atoms with Gasteiger partial charge in [-0.3, -0.25) is 19.6 Å². The molecule has 2 aromatic heterocycles.